The number of carbonyl (C=O) groups is 1. The molecule has 0 saturated heterocycles. The van der Waals surface area contributed by atoms with Crippen LogP contribution in [0.1, 0.15) is 64.3 Å². The van der Waals surface area contributed by atoms with Gasteiger partial charge in [0, 0.05) is 12.0 Å². The van der Waals surface area contributed by atoms with Crippen LogP contribution < -0.4 is 5.32 Å². The number of fused-ring (bicyclic) bond motifs is 1. The van der Waals surface area contributed by atoms with Crippen molar-refractivity contribution in [3.8, 4) is 0 Å². The number of unbranched alkanes of at least 4 members (excludes halogenated alkanes) is 1. The van der Waals surface area contributed by atoms with Gasteiger partial charge in [0.1, 0.15) is 10.4 Å². The largest absolute Gasteiger partial charge is 0.378 e. The van der Waals surface area contributed by atoms with Crippen LogP contribution in [0.3, 0.4) is 0 Å². The molecule has 2 aliphatic rings. The van der Waals surface area contributed by atoms with Crippen molar-refractivity contribution in [3.63, 3.8) is 0 Å². The third-order valence-electron chi connectivity index (χ3n) is 7.08. The lowest BCUT2D eigenvalue weighted by Gasteiger charge is -2.21. The minimum atomic E-state index is -3.41. The van der Waals surface area contributed by atoms with E-state index in [-0.39, 0.29) is 17.3 Å². The molecule has 1 N–H and O–H groups in total. The number of nitrogens with one attached hydrogen (secondary N) is 1. The van der Waals surface area contributed by atoms with Crippen LogP contribution in [0.5, 0.6) is 0 Å². The van der Waals surface area contributed by atoms with E-state index < -0.39 is 15.9 Å². The van der Waals surface area contributed by atoms with Crippen molar-refractivity contribution in [2.24, 2.45) is 5.92 Å². The van der Waals surface area contributed by atoms with Crippen molar-refractivity contribution >= 4 is 54.7 Å². The van der Waals surface area contributed by atoms with Gasteiger partial charge in [-0.25, -0.2) is 13.4 Å². The van der Waals surface area contributed by atoms with E-state index in [1.807, 2.05) is 6.07 Å². The van der Waals surface area contributed by atoms with E-state index in [9.17, 15) is 13.2 Å². The zero-order chi connectivity index (χ0) is 25.3. The Bertz CT molecular complexity index is 1330. The molecular weight excluding hydrogens is 520 g/mol. The van der Waals surface area contributed by atoms with E-state index in [1.165, 1.54) is 17.5 Å². The monoisotopic (exact) mass is 550 g/mol. The van der Waals surface area contributed by atoms with Gasteiger partial charge in [-0.1, -0.05) is 42.3 Å². The van der Waals surface area contributed by atoms with Gasteiger partial charge < -0.3 is 10.1 Å². The molecular formula is C25H31ClN4O4S2. The number of sulfone groups is 1. The molecule has 2 aliphatic carbocycles. The maximum Gasteiger partial charge on any atom is 0.251 e. The molecule has 3 aromatic rings. The maximum absolute atomic E-state index is 13.5. The van der Waals surface area contributed by atoms with E-state index in [2.05, 4.69) is 22.3 Å². The Labute approximate surface area is 220 Å². The average molecular weight is 551 g/mol. The Balaban J connectivity index is 1.43. The number of aromatic nitrogens is 3. The lowest BCUT2D eigenvalue weighted by atomic mass is 9.97. The first-order valence-corrected chi connectivity index (χ1v) is 15.3. The van der Waals surface area contributed by atoms with E-state index in [0.717, 1.165) is 38.7 Å². The Kier molecular flexibility index (Phi) is 7.67. The molecule has 0 bridgehead atoms. The van der Waals surface area contributed by atoms with Crippen molar-refractivity contribution in [2.75, 3.05) is 11.9 Å². The van der Waals surface area contributed by atoms with E-state index >= 15 is 0 Å². The quantitative estimate of drug-likeness (QED) is 0.310. The molecule has 2 saturated carbocycles. The van der Waals surface area contributed by atoms with Gasteiger partial charge in [-0.2, -0.15) is 5.10 Å². The first-order valence-electron chi connectivity index (χ1n) is 12.6. The summed E-state index contributed by atoms with van der Waals surface area (Å²) in [6, 6.07) is 4.59. The summed E-state index contributed by atoms with van der Waals surface area (Å²) in [6.07, 6.45) is 10.3. The molecule has 1 aromatic carbocycles. The number of thiazole rings is 1. The van der Waals surface area contributed by atoms with Crippen LogP contribution in [0.25, 0.3) is 10.9 Å². The van der Waals surface area contributed by atoms with Crippen LogP contribution in [0.2, 0.25) is 4.34 Å². The smallest absolute Gasteiger partial charge is 0.251 e. The molecule has 8 nitrogen and oxygen atoms in total. The summed E-state index contributed by atoms with van der Waals surface area (Å²) < 4.78 is 34.3. The van der Waals surface area contributed by atoms with Gasteiger partial charge in [0.2, 0.25) is 0 Å². The number of benzene rings is 1. The average Bonchev–Trinajstić information content (AvgIpc) is 3.30. The van der Waals surface area contributed by atoms with E-state index in [1.54, 1.807) is 23.0 Å². The molecule has 1 amide bonds. The summed E-state index contributed by atoms with van der Waals surface area (Å²) in [5.41, 5.74) is 0.641. The van der Waals surface area contributed by atoms with Crippen molar-refractivity contribution in [1.29, 1.82) is 0 Å². The highest BCUT2D eigenvalue weighted by molar-refractivity contribution is 7.92. The second-order valence-corrected chi connectivity index (χ2v) is 13.6. The standard InChI is InChI=1S/C25H31ClN4O4S2/c1-2-3-11-34-17-8-7-16(12-17)13-21(24(31)29-25-27-15-23(26)35-25)30-20-5-4-6-22(19(20)14-28-30)36(32,33)18-9-10-18/h4-6,14-18,21H,2-3,7-13H2,1H3,(H,27,29,31)/t16-,17?,21?/m0/s1. The van der Waals surface area contributed by atoms with Gasteiger partial charge in [-0.15, -0.1) is 0 Å². The van der Waals surface area contributed by atoms with Crippen LogP contribution in [-0.2, 0) is 19.4 Å². The predicted octanol–water partition coefficient (Wildman–Crippen LogP) is 5.64. The number of rotatable bonds is 11. The Morgan fingerprint density at radius 3 is 2.83 bits per heavy atom. The fraction of sp³-hybridized carbons (Fsp3) is 0.560. The van der Waals surface area contributed by atoms with Crippen LogP contribution in [0.4, 0.5) is 5.13 Å². The van der Waals surface area contributed by atoms with Crippen molar-refractivity contribution in [2.45, 2.75) is 80.6 Å². The SMILES string of the molecule is CCCCOC1CC[C@H](CC(C(=O)Nc2ncc(Cl)s2)n2ncc3c(S(=O)(=O)C4CC4)cccc32)C1. The van der Waals surface area contributed by atoms with Crippen molar-refractivity contribution in [3.05, 3.63) is 34.9 Å². The van der Waals surface area contributed by atoms with Gasteiger partial charge in [0.25, 0.3) is 5.91 Å². The minimum absolute atomic E-state index is 0.215. The normalized spacial score (nSPS) is 21.2. The predicted molar refractivity (Wildman–Crippen MR) is 141 cm³/mol. The zero-order valence-corrected chi connectivity index (χ0v) is 22.6. The number of ether oxygens (including phenoxy) is 1. The lowest BCUT2D eigenvalue weighted by molar-refractivity contribution is -0.120. The van der Waals surface area contributed by atoms with Gasteiger partial charge >= 0.3 is 0 Å². The summed E-state index contributed by atoms with van der Waals surface area (Å²) in [7, 11) is -3.41. The zero-order valence-electron chi connectivity index (χ0n) is 20.2. The Morgan fingerprint density at radius 2 is 2.11 bits per heavy atom. The van der Waals surface area contributed by atoms with Crippen LogP contribution in [0, 0.1) is 5.92 Å². The third kappa shape index (κ3) is 5.46. The number of nitrogens with zero attached hydrogens (tertiary/aromatic N) is 3. The van der Waals surface area contributed by atoms with E-state index in [4.69, 9.17) is 16.3 Å². The van der Waals surface area contributed by atoms with Gasteiger partial charge in [-0.3, -0.25) is 9.48 Å². The third-order valence-corrected chi connectivity index (χ3v) is 10.4. The first-order chi connectivity index (χ1) is 17.4. The Morgan fingerprint density at radius 1 is 1.28 bits per heavy atom. The minimum Gasteiger partial charge on any atom is -0.378 e. The first kappa shape index (κ1) is 25.6. The fourth-order valence-electron chi connectivity index (χ4n) is 5.02. The molecule has 2 heterocycles. The summed E-state index contributed by atoms with van der Waals surface area (Å²) in [5, 5.41) is 8.12. The molecule has 36 heavy (non-hydrogen) atoms. The number of amides is 1. The molecule has 2 unspecified atom stereocenters. The molecule has 0 spiro atoms. The maximum atomic E-state index is 13.5. The molecule has 3 atom stereocenters. The molecule has 0 radical (unpaired) electrons. The molecule has 11 heteroatoms. The summed E-state index contributed by atoms with van der Waals surface area (Å²) in [6.45, 7) is 2.92. The number of hydrogen-bond acceptors (Lipinski definition) is 7. The van der Waals surface area contributed by atoms with Crippen LogP contribution in [-0.4, -0.2) is 47.1 Å². The fourth-order valence-corrected chi connectivity index (χ4v) is 7.68. The van der Waals surface area contributed by atoms with Gasteiger partial charge in [0.15, 0.2) is 15.0 Å². The summed E-state index contributed by atoms with van der Waals surface area (Å²) in [4.78, 5) is 18.0. The van der Waals surface area contributed by atoms with Gasteiger partial charge in [-0.05, 0) is 63.0 Å². The molecule has 194 valence electrons. The second kappa shape index (κ2) is 10.8. The summed E-state index contributed by atoms with van der Waals surface area (Å²) in [5.74, 6) is 0.0571. The van der Waals surface area contributed by atoms with Crippen LogP contribution >= 0.6 is 22.9 Å². The second-order valence-electron chi connectivity index (χ2n) is 9.76. The summed E-state index contributed by atoms with van der Waals surface area (Å²) >= 11 is 7.21. The number of anilines is 1. The van der Waals surface area contributed by atoms with Crippen molar-refractivity contribution < 1.29 is 17.9 Å². The topological polar surface area (TPSA) is 103 Å². The van der Waals surface area contributed by atoms with Crippen molar-refractivity contribution in [1.82, 2.24) is 14.8 Å². The van der Waals surface area contributed by atoms with Gasteiger partial charge in [0.05, 0.1) is 34.2 Å². The molecule has 2 aromatic heterocycles. The Hall–Kier alpha value is -2.01. The molecule has 5 rings (SSSR count). The molecule has 0 aliphatic heterocycles. The lowest BCUT2D eigenvalue weighted by Crippen LogP contribution is -2.28. The highest BCUT2D eigenvalue weighted by Crippen LogP contribution is 2.39. The number of halogens is 1. The number of hydrogen-bond donors (Lipinski definition) is 1. The molecule has 2 fully saturated rings. The van der Waals surface area contributed by atoms with Crippen LogP contribution in [0.15, 0.2) is 35.5 Å². The highest BCUT2D eigenvalue weighted by atomic mass is 35.5. The highest BCUT2D eigenvalue weighted by Gasteiger charge is 2.38. The number of carbonyl (C=O) groups excluding carboxylic acids is 1. The van der Waals surface area contributed by atoms with E-state index in [0.29, 0.717) is 50.4 Å².